The van der Waals surface area contributed by atoms with Crippen molar-refractivity contribution in [3.63, 3.8) is 0 Å². The first-order chi connectivity index (χ1) is 9.90. The van der Waals surface area contributed by atoms with Gasteiger partial charge >= 0.3 is 0 Å². The van der Waals surface area contributed by atoms with E-state index in [1.165, 1.54) is 4.88 Å². The van der Waals surface area contributed by atoms with Gasteiger partial charge in [0.15, 0.2) is 9.84 Å². The van der Waals surface area contributed by atoms with Gasteiger partial charge in [-0.15, -0.1) is 11.3 Å². The van der Waals surface area contributed by atoms with Crippen LogP contribution < -0.4 is 5.73 Å². The van der Waals surface area contributed by atoms with Gasteiger partial charge in [0.1, 0.15) is 5.37 Å². The minimum Gasteiger partial charge on any atom is -0.329 e. The number of hydrogen-bond donors (Lipinski definition) is 1. The Balaban J connectivity index is 2.34. The third kappa shape index (κ3) is 3.84. The summed E-state index contributed by atoms with van der Waals surface area (Å²) in [5.41, 5.74) is 5.99. The first-order valence-electron chi connectivity index (χ1n) is 6.91. The standard InChI is InChI=1S/C13H21BrN2O2S3/c1-3-21(17,18)13-8-19-5-4-16(13)11(7-15)12-6-10(14)9(2)20-12/h6,11,13H,3-5,7-8,15H2,1-2H3. The Morgan fingerprint density at radius 2 is 2.29 bits per heavy atom. The van der Waals surface area contributed by atoms with E-state index < -0.39 is 15.2 Å². The van der Waals surface area contributed by atoms with E-state index in [0.29, 0.717) is 12.3 Å². The van der Waals surface area contributed by atoms with E-state index in [-0.39, 0.29) is 11.8 Å². The second-order valence-corrected chi connectivity index (χ2v) is 10.8. The molecule has 2 atom stereocenters. The highest BCUT2D eigenvalue weighted by Crippen LogP contribution is 2.36. The maximum atomic E-state index is 12.4. The molecule has 8 heteroatoms. The van der Waals surface area contributed by atoms with Crippen molar-refractivity contribution in [2.24, 2.45) is 5.73 Å². The molecular formula is C13H21BrN2O2S3. The summed E-state index contributed by atoms with van der Waals surface area (Å²) in [6.45, 7) is 4.98. The minimum absolute atomic E-state index is 0.0211. The molecule has 0 amide bonds. The highest BCUT2D eigenvalue weighted by molar-refractivity contribution is 9.10. The van der Waals surface area contributed by atoms with E-state index in [1.807, 2.05) is 0 Å². The third-order valence-corrected chi connectivity index (χ3v) is 9.31. The molecule has 1 saturated heterocycles. The average molecular weight is 413 g/mol. The zero-order valence-electron chi connectivity index (χ0n) is 12.2. The molecule has 1 aromatic heterocycles. The number of rotatable bonds is 5. The quantitative estimate of drug-likeness (QED) is 0.804. The molecule has 1 aliphatic rings. The lowest BCUT2D eigenvalue weighted by Gasteiger charge is -2.39. The normalized spacial score (nSPS) is 22.4. The van der Waals surface area contributed by atoms with Crippen molar-refractivity contribution in [2.45, 2.75) is 25.3 Å². The van der Waals surface area contributed by atoms with E-state index >= 15 is 0 Å². The van der Waals surface area contributed by atoms with E-state index in [4.69, 9.17) is 5.73 Å². The van der Waals surface area contributed by atoms with Gasteiger partial charge in [0.25, 0.3) is 0 Å². The van der Waals surface area contributed by atoms with Crippen molar-refractivity contribution < 1.29 is 8.42 Å². The summed E-state index contributed by atoms with van der Waals surface area (Å²) in [6.07, 6.45) is 0. The molecule has 21 heavy (non-hydrogen) atoms. The predicted molar refractivity (Wildman–Crippen MR) is 95.8 cm³/mol. The first kappa shape index (κ1) is 17.7. The van der Waals surface area contributed by atoms with Gasteiger partial charge in [0, 0.05) is 44.6 Å². The predicted octanol–water partition coefficient (Wildman–Crippen LogP) is 2.63. The van der Waals surface area contributed by atoms with Gasteiger partial charge in [-0.25, -0.2) is 8.42 Å². The molecule has 4 nitrogen and oxygen atoms in total. The number of hydrogen-bond acceptors (Lipinski definition) is 6. The Morgan fingerprint density at radius 1 is 1.57 bits per heavy atom. The topological polar surface area (TPSA) is 63.4 Å². The van der Waals surface area contributed by atoms with Crippen LogP contribution in [0.15, 0.2) is 10.5 Å². The lowest BCUT2D eigenvalue weighted by atomic mass is 10.2. The van der Waals surface area contributed by atoms with Crippen LogP contribution in [0.5, 0.6) is 0 Å². The van der Waals surface area contributed by atoms with Gasteiger partial charge in [-0.05, 0) is 28.9 Å². The summed E-state index contributed by atoms with van der Waals surface area (Å²) in [4.78, 5) is 4.43. The van der Waals surface area contributed by atoms with E-state index in [2.05, 4.69) is 33.8 Å². The van der Waals surface area contributed by atoms with Gasteiger partial charge in [0.05, 0.1) is 6.04 Å². The molecule has 2 unspecified atom stereocenters. The third-order valence-electron chi connectivity index (χ3n) is 3.77. The number of thioether (sulfide) groups is 1. The molecule has 0 aromatic carbocycles. The number of nitrogens with zero attached hydrogens (tertiary/aromatic N) is 1. The van der Waals surface area contributed by atoms with Crippen LogP contribution in [0.3, 0.4) is 0 Å². The van der Waals surface area contributed by atoms with Crippen molar-refractivity contribution in [1.82, 2.24) is 4.90 Å². The van der Waals surface area contributed by atoms with E-state index in [1.54, 1.807) is 30.0 Å². The molecule has 1 aromatic rings. The fourth-order valence-corrected chi connectivity index (χ4v) is 7.28. The molecule has 0 radical (unpaired) electrons. The molecule has 0 spiro atoms. The second-order valence-electron chi connectivity index (χ2n) is 5.02. The fraction of sp³-hybridized carbons (Fsp3) is 0.692. The smallest absolute Gasteiger partial charge is 0.166 e. The SMILES string of the molecule is CCS(=O)(=O)C1CSCCN1C(CN)c1cc(Br)c(C)s1. The monoisotopic (exact) mass is 412 g/mol. The Labute approximate surface area is 143 Å². The van der Waals surface area contributed by atoms with Crippen molar-refractivity contribution >= 4 is 48.9 Å². The van der Waals surface area contributed by atoms with Crippen LogP contribution >= 0.6 is 39.0 Å². The van der Waals surface area contributed by atoms with Gasteiger partial charge in [-0.2, -0.15) is 11.8 Å². The molecule has 2 heterocycles. The van der Waals surface area contributed by atoms with Gasteiger partial charge in [-0.3, -0.25) is 4.90 Å². The Hall–Kier alpha value is 0.400. The highest BCUT2D eigenvalue weighted by atomic mass is 79.9. The Bertz CT molecular complexity index is 569. The summed E-state index contributed by atoms with van der Waals surface area (Å²) in [6, 6.07) is 2.06. The summed E-state index contributed by atoms with van der Waals surface area (Å²) in [7, 11) is -3.09. The maximum Gasteiger partial charge on any atom is 0.166 e. The molecule has 0 saturated carbocycles. The van der Waals surface area contributed by atoms with Crippen LogP contribution in [0.4, 0.5) is 0 Å². The first-order valence-corrected chi connectivity index (χ1v) is 11.4. The minimum atomic E-state index is -3.09. The van der Waals surface area contributed by atoms with Gasteiger partial charge in [0.2, 0.25) is 0 Å². The van der Waals surface area contributed by atoms with Crippen LogP contribution in [-0.2, 0) is 9.84 Å². The Kier molecular flexibility index (Phi) is 6.18. The van der Waals surface area contributed by atoms with E-state index in [0.717, 1.165) is 21.6 Å². The zero-order chi connectivity index (χ0) is 15.6. The number of halogens is 1. The molecule has 2 rings (SSSR count). The Morgan fingerprint density at radius 3 is 2.81 bits per heavy atom. The number of thiophene rings is 1. The average Bonchev–Trinajstić information content (AvgIpc) is 2.79. The van der Waals surface area contributed by atoms with Crippen molar-refractivity contribution in [3.8, 4) is 0 Å². The lowest BCUT2D eigenvalue weighted by molar-refractivity contribution is 0.200. The maximum absolute atomic E-state index is 12.4. The molecule has 120 valence electrons. The molecule has 0 aliphatic carbocycles. The molecule has 1 aliphatic heterocycles. The number of aryl methyl sites for hydroxylation is 1. The van der Waals surface area contributed by atoms with Crippen LogP contribution in [0.1, 0.15) is 22.7 Å². The number of nitrogens with two attached hydrogens (primary N) is 1. The molecule has 0 bridgehead atoms. The van der Waals surface area contributed by atoms with Crippen molar-refractivity contribution in [2.75, 3.05) is 30.3 Å². The zero-order valence-corrected chi connectivity index (χ0v) is 16.2. The van der Waals surface area contributed by atoms with Gasteiger partial charge < -0.3 is 5.73 Å². The van der Waals surface area contributed by atoms with Crippen LogP contribution in [0, 0.1) is 6.92 Å². The lowest BCUT2D eigenvalue weighted by Crippen LogP contribution is -2.50. The summed E-state index contributed by atoms with van der Waals surface area (Å²) >= 11 is 6.94. The summed E-state index contributed by atoms with van der Waals surface area (Å²) in [5, 5.41) is -0.420. The van der Waals surface area contributed by atoms with Crippen LogP contribution in [0.25, 0.3) is 0 Å². The summed E-state index contributed by atoms with van der Waals surface area (Å²) < 4.78 is 25.8. The highest BCUT2D eigenvalue weighted by Gasteiger charge is 2.37. The van der Waals surface area contributed by atoms with Crippen LogP contribution in [0.2, 0.25) is 0 Å². The fourth-order valence-electron chi connectivity index (χ4n) is 2.51. The van der Waals surface area contributed by atoms with Crippen molar-refractivity contribution in [1.29, 1.82) is 0 Å². The largest absolute Gasteiger partial charge is 0.329 e. The molecular weight excluding hydrogens is 392 g/mol. The molecule has 2 N–H and O–H groups in total. The number of sulfone groups is 1. The van der Waals surface area contributed by atoms with Crippen LogP contribution in [-0.4, -0.2) is 49.0 Å². The summed E-state index contributed by atoms with van der Waals surface area (Å²) in [5.74, 6) is 1.77. The second kappa shape index (κ2) is 7.31. The van der Waals surface area contributed by atoms with Gasteiger partial charge in [-0.1, -0.05) is 6.92 Å². The van der Waals surface area contributed by atoms with E-state index in [9.17, 15) is 8.42 Å². The van der Waals surface area contributed by atoms with Crippen molar-refractivity contribution in [3.05, 3.63) is 20.3 Å². The molecule has 1 fully saturated rings.